The Morgan fingerprint density at radius 3 is 2.05 bits per heavy atom. The van der Waals surface area contributed by atoms with E-state index in [1.165, 1.54) is 11.8 Å². The molecule has 0 bridgehead atoms. The van der Waals surface area contributed by atoms with Crippen LogP contribution < -0.4 is 0 Å². The van der Waals surface area contributed by atoms with Crippen molar-refractivity contribution in [2.45, 2.75) is 58.9 Å². The van der Waals surface area contributed by atoms with E-state index >= 15 is 0 Å². The smallest absolute Gasteiger partial charge is 0.343 e. The Bertz CT molecular complexity index is 403. The molecular formula is C16H27NO5. The normalized spacial score (nSPS) is 19.8. The van der Waals surface area contributed by atoms with Gasteiger partial charge in [-0.2, -0.15) is 0 Å². The lowest BCUT2D eigenvalue weighted by Gasteiger charge is -2.32. The maximum absolute atomic E-state index is 12.5. The van der Waals surface area contributed by atoms with E-state index in [1.807, 2.05) is 0 Å². The van der Waals surface area contributed by atoms with Crippen molar-refractivity contribution < 1.29 is 23.9 Å². The van der Waals surface area contributed by atoms with Crippen molar-refractivity contribution in [2.24, 2.45) is 5.92 Å². The van der Waals surface area contributed by atoms with Crippen LogP contribution in [-0.4, -0.2) is 48.0 Å². The monoisotopic (exact) mass is 313 g/mol. The molecular weight excluding hydrogens is 286 g/mol. The van der Waals surface area contributed by atoms with E-state index in [9.17, 15) is 14.4 Å². The second kappa shape index (κ2) is 8.15. The van der Waals surface area contributed by atoms with E-state index < -0.39 is 17.5 Å². The second-order valence-electron chi connectivity index (χ2n) is 5.64. The molecule has 1 aliphatic rings. The average molecular weight is 313 g/mol. The van der Waals surface area contributed by atoms with E-state index in [-0.39, 0.29) is 31.5 Å². The van der Waals surface area contributed by atoms with Crippen LogP contribution in [-0.2, 0) is 23.9 Å². The fourth-order valence-electron chi connectivity index (χ4n) is 3.06. The van der Waals surface area contributed by atoms with Crippen molar-refractivity contribution in [2.75, 3.05) is 19.8 Å². The van der Waals surface area contributed by atoms with Crippen LogP contribution >= 0.6 is 0 Å². The number of carbonyl (C=O) groups is 3. The molecule has 0 aromatic heterocycles. The van der Waals surface area contributed by atoms with Gasteiger partial charge >= 0.3 is 11.9 Å². The summed E-state index contributed by atoms with van der Waals surface area (Å²) < 4.78 is 10.2. The van der Waals surface area contributed by atoms with Gasteiger partial charge in [-0.25, -0.2) is 9.59 Å². The standard InChI is InChI=1S/C16H27NO5/c1-5-8-9-13-10-16(14(19)21-6-2,15(20)22-7-3)17(11-13)12(4)18/h13H,5-11H2,1-4H3/t13-/m0/s1. The van der Waals surface area contributed by atoms with E-state index in [2.05, 4.69) is 6.92 Å². The van der Waals surface area contributed by atoms with E-state index in [0.717, 1.165) is 19.3 Å². The Kier molecular flexibility index (Phi) is 6.84. The molecule has 1 rings (SSSR count). The Balaban J connectivity index is 3.15. The lowest BCUT2D eigenvalue weighted by atomic mass is 9.89. The van der Waals surface area contributed by atoms with Crippen LogP contribution in [0.4, 0.5) is 0 Å². The fraction of sp³-hybridized carbons (Fsp3) is 0.812. The minimum Gasteiger partial charge on any atom is -0.464 e. The highest BCUT2D eigenvalue weighted by molar-refractivity contribution is 6.08. The molecule has 0 N–H and O–H groups in total. The first-order valence-electron chi connectivity index (χ1n) is 8.06. The molecule has 1 atom stereocenters. The number of esters is 2. The van der Waals surface area contributed by atoms with Gasteiger partial charge in [-0.3, -0.25) is 4.79 Å². The highest BCUT2D eigenvalue weighted by Gasteiger charge is 2.60. The summed E-state index contributed by atoms with van der Waals surface area (Å²) in [5.74, 6) is -1.55. The summed E-state index contributed by atoms with van der Waals surface area (Å²) in [5.41, 5.74) is -1.61. The van der Waals surface area contributed by atoms with E-state index in [1.54, 1.807) is 13.8 Å². The lowest BCUT2D eigenvalue weighted by Crippen LogP contribution is -2.59. The third-order valence-corrected chi connectivity index (χ3v) is 4.06. The molecule has 1 heterocycles. The van der Waals surface area contributed by atoms with Gasteiger partial charge in [0.2, 0.25) is 11.4 Å². The molecule has 0 saturated carbocycles. The average Bonchev–Trinajstić information content (AvgIpc) is 2.86. The number of nitrogens with zero attached hydrogens (tertiary/aromatic N) is 1. The van der Waals surface area contributed by atoms with Crippen molar-refractivity contribution in [3.8, 4) is 0 Å². The van der Waals surface area contributed by atoms with Crippen molar-refractivity contribution >= 4 is 17.8 Å². The predicted molar refractivity (Wildman–Crippen MR) is 81.0 cm³/mol. The van der Waals surface area contributed by atoms with Crippen LogP contribution in [0.15, 0.2) is 0 Å². The molecule has 0 unspecified atom stereocenters. The van der Waals surface area contributed by atoms with Crippen LogP contribution in [0.2, 0.25) is 0 Å². The van der Waals surface area contributed by atoms with Crippen LogP contribution in [0.3, 0.4) is 0 Å². The minimum atomic E-state index is -1.61. The number of likely N-dealkylation sites (tertiary alicyclic amines) is 1. The molecule has 1 saturated heterocycles. The number of hydrogen-bond donors (Lipinski definition) is 0. The summed E-state index contributed by atoms with van der Waals surface area (Å²) in [5, 5.41) is 0. The zero-order chi connectivity index (χ0) is 16.8. The quantitative estimate of drug-likeness (QED) is 0.530. The molecule has 22 heavy (non-hydrogen) atoms. The van der Waals surface area contributed by atoms with Gasteiger partial charge in [0.05, 0.1) is 13.2 Å². The Labute approximate surface area is 132 Å². The SMILES string of the molecule is CCCC[C@@H]1CN(C(C)=O)C(C(=O)OCC)(C(=O)OCC)C1. The van der Waals surface area contributed by atoms with Crippen LogP contribution in [0.25, 0.3) is 0 Å². The fourth-order valence-corrected chi connectivity index (χ4v) is 3.06. The Hall–Kier alpha value is -1.59. The number of hydrogen-bond acceptors (Lipinski definition) is 5. The van der Waals surface area contributed by atoms with Gasteiger partial charge < -0.3 is 14.4 Å². The molecule has 0 spiro atoms. The summed E-state index contributed by atoms with van der Waals surface area (Å²) >= 11 is 0. The maximum atomic E-state index is 12.5. The molecule has 6 heteroatoms. The lowest BCUT2D eigenvalue weighted by molar-refractivity contribution is -0.176. The molecule has 6 nitrogen and oxygen atoms in total. The Morgan fingerprint density at radius 2 is 1.64 bits per heavy atom. The van der Waals surface area contributed by atoms with Gasteiger partial charge in [-0.15, -0.1) is 0 Å². The van der Waals surface area contributed by atoms with Gasteiger partial charge in [0.25, 0.3) is 0 Å². The molecule has 0 aromatic carbocycles. The van der Waals surface area contributed by atoms with Crippen LogP contribution in [0.1, 0.15) is 53.4 Å². The summed E-state index contributed by atoms with van der Waals surface area (Å²) in [7, 11) is 0. The van der Waals surface area contributed by atoms with Gasteiger partial charge in [-0.1, -0.05) is 19.8 Å². The molecule has 0 aromatic rings. The molecule has 1 amide bonds. The zero-order valence-electron chi connectivity index (χ0n) is 14.0. The van der Waals surface area contributed by atoms with Gasteiger partial charge in [0.15, 0.2) is 0 Å². The summed E-state index contributed by atoms with van der Waals surface area (Å²) in [6, 6.07) is 0. The summed E-state index contributed by atoms with van der Waals surface area (Å²) in [6.07, 6.45) is 3.19. The molecule has 1 fully saturated rings. The highest BCUT2D eigenvalue weighted by Crippen LogP contribution is 2.38. The topological polar surface area (TPSA) is 72.9 Å². The van der Waals surface area contributed by atoms with Crippen LogP contribution in [0.5, 0.6) is 0 Å². The predicted octanol–water partition coefficient (Wildman–Crippen LogP) is 1.91. The van der Waals surface area contributed by atoms with Gasteiger partial charge in [0, 0.05) is 13.5 Å². The molecule has 1 aliphatic heterocycles. The van der Waals surface area contributed by atoms with E-state index in [0.29, 0.717) is 6.54 Å². The van der Waals surface area contributed by atoms with Crippen molar-refractivity contribution in [1.29, 1.82) is 0 Å². The number of carbonyl (C=O) groups excluding carboxylic acids is 3. The summed E-state index contributed by atoms with van der Waals surface area (Å²) in [4.78, 5) is 38.3. The highest BCUT2D eigenvalue weighted by atomic mass is 16.6. The first kappa shape index (κ1) is 18.5. The first-order chi connectivity index (χ1) is 10.4. The third kappa shape index (κ3) is 3.59. The van der Waals surface area contributed by atoms with Crippen molar-refractivity contribution in [3.63, 3.8) is 0 Å². The minimum absolute atomic E-state index is 0.109. The zero-order valence-corrected chi connectivity index (χ0v) is 14.0. The van der Waals surface area contributed by atoms with Crippen molar-refractivity contribution in [1.82, 2.24) is 4.90 Å². The van der Waals surface area contributed by atoms with Gasteiger partial charge in [-0.05, 0) is 32.6 Å². The number of amides is 1. The number of rotatable bonds is 7. The Morgan fingerprint density at radius 1 is 1.09 bits per heavy atom. The number of unbranched alkanes of at least 4 members (excludes halogenated alkanes) is 1. The van der Waals surface area contributed by atoms with Crippen LogP contribution in [0, 0.1) is 5.92 Å². The van der Waals surface area contributed by atoms with Gasteiger partial charge in [0.1, 0.15) is 0 Å². The molecule has 0 radical (unpaired) electrons. The third-order valence-electron chi connectivity index (χ3n) is 4.06. The maximum Gasteiger partial charge on any atom is 0.343 e. The molecule has 126 valence electrons. The number of ether oxygens (including phenoxy) is 2. The first-order valence-corrected chi connectivity index (χ1v) is 8.06. The second-order valence-corrected chi connectivity index (χ2v) is 5.64. The summed E-state index contributed by atoms with van der Waals surface area (Å²) in [6.45, 7) is 7.53. The van der Waals surface area contributed by atoms with Crippen molar-refractivity contribution in [3.05, 3.63) is 0 Å². The molecule has 0 aliphatic carbocycles. The van der Waals surface area contributed by atoms with E-state index in [4.69, 9.17) is 9.47 Å². The largest absolute Gasteiger partial charge is 0.464 e.